The van der Waals surface area contributed by atoms with Gasteiger partial charge in [0.1, 0.15) is 0 Å². The van der Waals surface area contributed by atoms with Gasteiger partial charge in [-0.25, -0.2) is 4.79 Å². The van der Waals surface area contributed by atoms with E-state index < -0.39 is 5.97 Å². The second-order valence-electron chi connectivity index (χ2n) is 2.84. The van der Waals surface area contributed by atoms with Crippen LogP contribution in [-0.4, -0.2) is 11.1 Å². The lowest BCUT2D eigenvalue weighted by Crippen LogP contribution is -2.16. The molecule has 4 nitrogen and oxygen atoms in total. The van der Waals surface area contributed by atoms with E-state index in [2.05, 4.69) is 0 Å². The number of aliphatic carboxylic acids is 1. The minimum atomic E-state index is -1.13. The van der Waals surface area contributed by atoms with E-state index in [0.717, 1.165) is 0 Å². The van der Waals surface area contributed by atoms with Crippen molar-refractivity contribution >= 4 is 5.97 Å². The molecule has 0 aliphatic carbocycles. The molecule has 14 heavy (non-hydrogen) atoms. The molecule has 4 heteroatoms. The Balaban J connectivity index is 2.41. The average molecular weight is 192 g/mol. The highest BCUT2D eigenvalue weighted by atomic mass is 16.6. The van der Waals surface area contributed by atoms with Crippen LogP contribution in [0, 0.1) is 0 Å². The Hall–Kier alpha value is -1.97. The van der Waals surface area contributed by atoms with Crippen molar-refractivity contribution in [3.63, 3.8) is 0 Å². The van der Waals surface area contributed by atoms with Crippen LogP contribution in [0.2, 0.25) is 0 Å². The first kappa shape index (κ1) is 8.62. The molecule has 0 radical (unpaired) electrons. The van der Waals surface area contributed by atoms with E-state index in [1.807, 2.05) is 0 Å². The monoisotopic (exact) mass is 192 g/mol. The maximum Gasteiger partial charge on any atom is 0.375 e. The summed E-state index contributed by atoms with van der Waals surface area (Å²) in [5.74, 6) is -0.0672. The smallest absolute Gasteiger partial charge is 0.375 e. The maximum absolute atomic E-state index is 10.7. The summed E-state index contributed by atoms with van der Waals surface area (Å²) in [4.78, 5) is 10.7. The SMILES string of the molecule is CC1=C(C(=O)O)Oc2ccccc2O1. The van der Waals surface area contributed by atoms with Crippen LogP contribution in [0.5, 0.6) is 11.5 Å². The third-order valence-corrected chi connectivity index (χ3v) is 1.84. The second kappa shape index (κ2) is 3.06. The number of fused-ring (bicyclic) bond motifs is 1. The maximum atomic E-state index is 10.7. The molecule has 1 aromatic rings. The first-order valence-corrected chi connectivity index (χ1v) is 4.07. The van der Waals surface area contributed by atoms with Crippen LogP contribution in [0.25, 0.3) is 0 Å². The summed E-state index contributed by atoms with van der Waals surface area (Å²) in [5, 5.41) is 8.77. The zero-order valence-corrected chi connectivity index (χ0v) is 7.48. The fourth-order valence-corrected chi connectivity index (χ4v) is 1.21. The van der Waals surface area contributed by atoms with Crippen molar-refractivity contribution in [1.82, 2.24) is 0 Å². The fraction of sp³-hybridized carbons (Fsp3) is 0.100. The van der Waals surface area contributed by atoms with Crippen LogP contribution in [0.1, 0.15) is 6.92 Å². The number of carboxylic acids is 1. The quantitative estimate of drug-likeness (QED) is 0.736. The zero-order valence-electron chi connectivity index (χ0n) is 7.48. The van der Waals surface area contributed by atoms with Gasteiger partial charge in [-0.05, 0) is 19.1 Å². The summed E-state index contributed by atoms with van der Waals surface area (Å²) in [6.07, 6.45) is 0. The fourth-order valence-electron chi connectivity index (χ4n) is 1.21. The van der Waals surface area contributed by atoms with E-state index in [0.29, 0.717) is 11.5 Å². The standard InChI is InChI=1S/C10H8O4/c1-6-9(10(11)12)14-8-5-3-2-4-7(8)13-6/h2-5H,1H3,(H,11,12). The Morgan fingerprint density at radius 3 is 2.36 bits per heavy atom. The Bertz CT molecular complexity index is 420. The molecule has 0 saturated heterocycles. The number of para-hydroxylation sites is 2. The first-order valence-electron chi connectivity index (χ1n) is 4.07. The number of carboxylic acid groups (broad SMARTS) is 1. The van der Waals surface area contributed by atoms with Gasteiger partial charge in [-0.1, -0.05) is 12.1 Å². The summed E-state index contributed by atoms with van der Waals surface area (Å²) in [5.41, 5.74) is 0. The van der Waals surface area contributed by atoms with Crippen molar-refractivity contribution < 1.29 is 19.4 Å². The minimum Gasteiger partial charge on any atom is -0.475 e. The Labute approximate surface area is 80.4 Å². The topological polar surface area (TPSA) is 55.8 Å². The van der Waals surface area contributed by atoms with Gasteiger partial charge in [0.15, 0.2) is 17.3 Å². The molecular weight excluding hydrogens is 184 g/mol. The molecule has 72 valence electrons. The lowest BCUT2D eigenvalue weighted by molar-refractivity contribution is -0.135. The molecule has 0 aromatic heterocycles. The van der Waals surface area contributed by atoms with Crippen LogP contribution in [0.4, 0.5) is 0 Å². The molecule has 0 unspecified atom stereocenters. The van der Waals surface area contributed by atoms with Crippen molar-refractivity contribution in [2.75, 3.05) is 0 Å². The Morgan fingerprint density at radius 2 is 1.79 bits per heavy atom. The molecule has 1 aliphatic rings. The molecule has 0 amide bonds. The van der Waals surface area contributed by atoms with Crippen molar-refractivity contribution in [2.24, 2.45) is 0 Å². The number of rotatable bonds is 1. The lowest BCUT2D eigenvalue weighted by Gasteiger charge is -2.19. The van der Waals surface area contributed by atoms with Crippen molar-refractivity contribution in [1.29, 1.82) is 0 Å². The van der Waals surface area contributed by atoms with Gasteiger partial charge in [0.05, 0.1) is 0 Å². The van der Waals surface area contributed by atoms with Crippen LogP contribution < -0.4 is 9.47 Å². The average Bonchev–Trinajstić information content (AvgIpc) is 2.16. The number of hydrogen-bond donors (Lipinski definition) is 1. The molecule has 1 N–H and O–H groups in total. The van der Waals surface area contributed by atoms with Gasteiger partial charge in [0.2, 0.25) is 5.76 Å². The van der Waals surface area contributed by atoms with E-state index in [9.17, 15) is 4.79 Å². The van der Waals surface area contributed by atoms with E-state index >= 15 is 0 Å². The Kier molecular flexibility index (Phi) is 1.89. The summed E-state index contributed by atoms with van der Waals surface area (Å²) < 4.78 is 10.4. The molecular formula is C10H8O4. The van der Waals surface area contributed by atoms with E-state index in [-0.39, 0.29) is 11.5 Å². The highest BCUT2D eigenvalue weighted by molar-refractivity contribution is 5.86. The molecule has 0 bridgehead atoms. The second-order valence-corrected chi connectivity index (χ2v) is 2.84. The molecule has 2 rings (SSSR count). The molecule has 1 heterocycles. The lowest BCUT2D eigenvalue weighted by atomic mass is 10.3. The predicted octanol–water partition coefficient (Wildman–Crippen LogP) is 1.77. The predicted molar refractivity (Wildman–Crippen MR) is 48.0 cm³/mol. The number of allylic oxidation sites excluding steroid dienone is 1. The highest BCUT2D eigenvalue weighted by Crippen LogP contribution is 2.34. The van der Waals surface area contributed by atoms with Crippen LogP contribution in [-0.2, 0) is 4.79 Å². The summed E-state index contributed by atoms with van der Waals surface area (Å²) in [6, 6.07) is 6.92. The number of ether oxygens (including phenoxy) is 2. The molecule has 1 aromatic carbocycles. The first-order chi connectivity index (χ1) is 6.68. The number of hydrogen-bond acceptors (Lipinski definition) is 3. The minimum absolute atomic E-state index is 0.163. The van der Waals surface area contributed by atoms with E-state index in [4.69, 9.17) is 14.6 Å². The molecule has 1 aliphatic heterocycles. The van der Waals surface area contributed by atoms with Crippen molar-refractivity contribution in [2.45, 2.75) is 6.92 Å². The van der Waals surface area contributed by atoms with Crippen LogP contribution in [0.3, 0.4) is 0 Å². The molecule has 0 atom stereocenters. The van der Waals surface area contributed by atoms with Gasteiger partial charge >= 0.3 is 5.97 Å². The van der Waals surface area contributed by atoms with Crippen molar-refractivity contribution in [3.05, 3.63) is 35.8 Å². The van der Waals surface area contributed by atoms with Crippen molar-refractivity contribution in [3.8, 4) is 11.5 Å². The summed E-state index contributed by atoms with van der Waals surface area (Å²) in [7, 11) is 0. The van der Waals surface area contributed by atoms with Gasteiger partial charge in [0.25, 0.3) is 0 Å². The molecule has 0 spiro atoms. The van der Waals surface area contributed by atoms with E-state index in [1.165, 1.54) is 0 Å². The normalized spacial score (nSPS) is 14.1. The largest absolute Gasteiger partial charge is 0.475 e. The van der Waals surface area contributed by atoms with Crippen LogP contribution in [0.15, 0.2) is 35.8 Å². The van der Waals surface area contributed by atoms with Gasteiger partial charge in [-0.15, -0.1) is 0 Å². The third-order valence-electron chi connectivity index (χ3n) is 1.84. The highest BCUT2D eigenvalue weighted by Gasteiger charge is 2.23. The summed E-state index contributed by atoms with van der Waals surface area (Å²) in [6.45, 7) is 1.55. The number of carbonyl (C=O) groups is 1. The third kappa shape index (κ3) is 1.31. The zero-order chi connectivity index (χ0) is 10.1. The van der Waals surface area contributed by atoms with Gasteiger partial charge in [-0.2, -0.15) is 0 Å². The van der Waals surface area contributed by atoms with Gasteiger partial charge in [-0.3, -0.25) is 0 Å². The molecule has 0 fully saturated rings. The van der Waals surface area contributed by atoms with Gasteiger partial charge in [0, 0.05) is 0 Å². The van der Waals surface area contributed by atoms with Gasteiger partial charge < -0.3 is 14.6 Å². The number of benzene rings is 1. The van der Waals surface area contributed by atoms with Crippen LogP contribution >= 0.6 is 0 Å². The summed E-state index contributed by atoms with van der Waals surface area (Å²) >= 11 is 0. The Morgan fingerprint density at radius 1 is 1.21 bits per heavy atom. The van der Waals surface area contributed by atoms with E-state index in [1.54, 1.807) is 31.2 Å². The molecule has 0 saturated carbocycles.